The molecule has 0 amide bonds. The lowest BCUT2D eigenvalue weighted by molar-refractivity contribution is 0.388. The van der Waals surface area contributed by atoms with Gasteiger partial charge < -0.3 is 9.17 Å². The summed E-state index contributed by atoms with van der Waals surface area (Å²) >= 11 is 5.72. The molecule has 0 atom stereocenters. The van der Waals surface area contributed by atoms with Crippen LogP contribution in [0.5, 0.6) is 5.75 Å². The number of aromatic nitrogens is 1. The second kappa shape index (κ2) is 3.41. The average molecular weight is 248 g/mol. The standard InChI is InChI=1S/C8H6ClNO4S/c9-8-7(14-15(11,12)13)5-3-1-2-4-6(5)10-8/h1-4,10H,(H,11,12,13). The van der Waals surface area contributed by atoms with Crippen LogP contribution in [0.1, 0.15) is 0 Å². The number of hydrogen-bond acceptors (Lipinski definition) is 3. The molecule has 80 valence electrons. The van der Waals surface area contributed by atoms with Crippen LogP contribution in [-0.2, 0) is 10.4 Å². The average Bonchev–Trinajstić information content (AvgIpc) is 2.41. The smallest absolute Gasteiger partial charge is 0.358 e. The van der Waals surface area contributed by atoms with Gasteiger partial charge in [-0.2, -0.15) is 8.42 Å². The first-order chi connectivity index (χ1) is 6.97. The number of aromatic amines is 1. The highest BCUT2D eigenvalue weighted by Gasteiger charge is 2.16. The molecule has 0 saturated heterocycles. The van der Waals surface area contributed by atoms with Gasteiger partial charge in [-0.3, -0.25) is 4.55 Å². The Balaban J connectivity index is 2.64. The highest BCUT2D eigenvalue weighted by molar-refractivity contribution is 7.81. The molecule has 2 rings (SSSR count). The minimum atomic E-state index is -4.57. The molecule has 0 bridgehead atoms. The van der Waals surface area contributed by atoms with Gasteiger partial charge >= 0.3 is 10.4 Å². The number of hydrogen-bond donors (Lipinski definition) is 2. The molecular weight excluding hydrogens is 242 g/mol. The van der Waals surface area contributed by atoms with Gasteiger partial charge in [0.2, 0.25) is 0 Å². The van der Waals surface area contributed by atoms with Gasteiger partial charge in [-0.1, -0.05) is 23.7 Å². The summed E-state index contributed by atoms with van der Waals surface area (Å²) in [6.45, 7) is 0. The largest absolute Gasteiger partial charge is 0.446 e. The van der Waals surface area contributed by atoms with Crippen molar-refractivity contribution in [2.45, 2.75) is 0 Å². The zero-order valence-corrected chi connectivity index (χ0v) is 8.84. The molecule has 5 nitrogen and oxygen atoms in total. The van der Waals surface area contributed by atoms with Crippen LogP contribution in [0.4, 0.5) is 0 Å². The van der Waals surface area contributed by atoms with E-state index in [2.05, 4.69) is 9.17 Å². The molecule has 0 aliphatic heterocycles. The molecule has 7 heteroatoms. The zero-order valence-electron chi connectivity index (χ0n) is 7.27. The first-order valence-corrected chi connectivity index (χ1v) is 5.65. The predicted octanol–water partition coefficient (Wildman–Crippen LogP) is 2.00. The van der Waals surface area contributed by atoms with Gasteiger partial charge in [0, 0.05) is 5.39 Å². The van der Waals surface area contributed by atoms with E-state index in [0.29, 0.717) is 10.9 Å². The van der Waals surface area contributed by atoms with Gasteiger partial charge in [-0.25, -0.2) is 0 Å². The van der Waals surface area contributed by atoms with Crippen LogP contribution < -0.4 is 4.18 Å². The second-order valence-electron chi connectivity index (χ2n) is 2.82. The van der Waals surface area contributed by atoms with Gasteiger partial charge in [0.15, 0.2) is 10.9 Å². The van der Waals surface area contributed by atoms with E-state index in [1.807, 2.05) is 0 Å². The highest BCUT2D eigenvalue weighted by atomic mass is 35.5. The third kappa shape index (κ3) is 2.06. The maximum atomic E-state index is 10.6. The summed E-state index contributed by atoms with van der Waals surface area (Å²) in [7, 11) is -4.57. The van der Waals surface area contributed by atoms with Crippen LogP contribution >= 0.6 is 11.6 Å². The van der Waals surface area contributed by atoms with Crippen LogP contribution in [0.3, 0.4) is 0 Å². The van der Waals surface area contributed by atoms with E-state index in [-0.39, 0.29) is 10.9 Å². The Hall–Kier alpha value is -1.24. The summed E-state index contributed by atoms with van der Waals surface area (Å²) < 4.78 is 34.0. The maximum absolute atomic E-state index is 10.6. The summed E-state index contributed by atoms with van der Waals surface area (Å²) in [5.74, 6) is -0.102. The van der Waals surface area contributed by atoms with E-state index in [0.717, 1.165) is 0 Å². The van der Waals surface area contributed by atoms with Crippen LogP contribution in [0.15, 0.2) is 24.3 Å². The molecule has 0 saturated carbocycles. The van der Waals surface area contributed by atoms with Gasteiger partial charge in [-0.05, 0) is 12.1 Å². The Morgan fingerprint density at radius 2 is 2.00 bits per heavy atom. The van der Waals surface area contributed by atoms with Crippen molar-refractivity contribution in [3.8, 4) is 5.75 Å². The van der Waals surface area contributed by atoms with Crippen LogP contribution in [0.2, 0.25) is 5.15 Å². The van der Waals surface area contributed by atoms with Crippen molar-refractivity contribution < 1.29 is 17.2 Å². The Morgan fingerprint density at radius 1 is 1.33 bits per heavy atom. The lowest BCUT2D eigenvalue weighted by Gasteiger charge is -1.99. The summed E-state index contributed by atoms with van der Waals surface area (Å²) in [5, 5.41) is 0.508. The molecule has 1 aromatic carbocycles. The predicted molar refractivity (Wildman–Crippen MR) is 55.5 cm³/mol. The minimum Gasteiger partial charge on any atom is -0.358 e. The van der Waals surface area contributed by atoms with E-state index in [1.165, 1.54) is 0 Å². The van der Waals surface area contributed by atoms with Crippen molar-refractivity contribution in [1.82, 2.24) is 4.98 Å². The van der Waals surface area contributed by atoms with E-state index < -0.39 is 10.4 Å². The van der Waals surface area contributed by atoms with E-state index in [4.69, 9.17) is 16.2 Å². The first kappa shape index (κ1) is 10.3. The van der Waals surface area contributed by atoms with Gasteiger partial charge in [0.25, 0.3) is 0 Å². The number of rotatable bonds is 2. The number of H-pyrrole nitrogens is 1. The molecule has 1 aromatic heterocycles. The first-order valence-electron chi connectivity index (χ1n) is 3.90. The molecule has 1 heterocycles. The SMILES string of the molecule is O=S(=O)(O)Oc1c(Cl)[nH]c2ccccc12. The summed E-state index contributed by atoms with van der Waals surface area (Å²) in [5.41, 5.74) is 0.626. The Bertz CT molecular complexity index is 604. The summed E-state index contributed by atoms with van der Waals surface area (Å²) in [6.07, 6.45) is 0. The molecule has 2 N–H and O–H groups in total. The number of benzene rings is 1. The monoisotopic (exact) mass is 247 g/mol. The Morgan fingerprint density at radius 3 is 2.67 bits per heavy atom. The molecular formula is C8H6ClNO4S. The molecule has 0 radical (unpaired) electrons. The third-order valence-electron chi connectivity index (χ3n) is 1.80. The normalized spacial score (nSPS) is 11.9. The van der Waals surface area contributed by atoms with Gasteiger partial charge in [0.05, 0.1) is 5.52 Å². The van der Waals surface area contributed by atoms with Crippen molar-refractivity contribution >= 4 is 32.9 Å². The van der Waals surface area contributed by atoms with Crippen molar-refractivity contribution in [3.05, 3.63) is 29.4 Å². The van der Waals surface area contributed by atoms with Crippen molar-refractivity contribution in [3.63, 3.8) is 0 Å². The lowest BCUT2D eigenvalue weighted by atomic mass is 10.2. The maximum Gasteiger partial charge on any atom is 0.446 e. The number of nitrogens with one attached hydrogen (secondary N) is 1. The lowest BCUT2D eigenvalue weighted by Crippen LogP contribution is -2.06. The van der Waals surface area contributed by atoms with Crippen molar-refractivity contribution in [2.24, 2.45) is 0 Å². The summed E-state index contributed by atoms with van der Waals surface area (Å²) in [6, 6.07) is 6.78. The quantitative estimate of drug-likeness (QED) is 0.796. The van der Waals surface area contributed by atoms with Gasteiger partial charge in [-0.15, -0.1) is 0 Å². The fourth-order valence-electron chi connectivity index (χ4n) is 1.27. The fraction of sp³-hybridized carbons (Fsp3) is 0. The number of para-hydroxylation sites is 1. The van der Waals surface area contributed by atoms with Crippen molar-refractivity contribution in [2.75, 3.05) is 0 Å². The van der Waals surface area contributed by atoms with Gasteiger partial charge in [0.1, 0.15) is 0 Å². The molecule has 0 aliphatic rings. The highest BCUT2D eigenvalue weighted by Crippen LogP contribution is 2.34. The zero-order chi connectivity index (χ0) is 11.1. The second-order valence-corrected chi connectivity index (χ2v) is 4.22. The van der Waals surface area contributed by atoms with E-state index >= 15 is 0 Å². The molecule has 0 spiro atoms. The number of halogens is 1. The topological polar surface area (TPSA) is 79.4 Å². The fourth-order valence-corrected chi connectivity index (χ4v) is 1.94. The molecule has 0 aliphatic carbocycles. The molecule has 0 unspecified atom stereocenters. The van der Waals surface area contributed by atoms with Crippen LogP contribution in [-0.4, -0.2) is 18.0 Å². The van der Waals surface area contributed by atoms with E-state index in [9.17, 15) is 8.42 Å². The molecule has 2 aromatic rings. The Labute approximate surface area is 90.6 Å². The third-order valence-corrected chi connectivity index (χ3v) is 2.45. The molecule has 0 fully saturated rings. The van der Waals surface area contributed by atoms with Crippen molar-refractivity contribution in [1.29, 1.82) is 0 Å². The van der Waals surface area contributed by atoms with Crippen LogP contribution in [0.25, 0.3) is 10.9 Å². The molecule has 15 heavy (non-hydrogen) atoms. The number of fused-ring (bicyclic) bond motifs is 1. The minimum absolute atomic E-state index is 0.0221. The Kier molecular flexibility index (Phi) is 2.34. The van der Waals surface area contributed by atoms with E-state index in [1.54, 1.807) is 24.3 Å². The van der Waals surface area contributed by atoms with Crippen LogP contribution in [0, 0.1) is 0 Å². The summed E-state index contributed by atoms with van der Waals surface area (Å²) in [4.78, 5) is 2.71.